The minimum Gasteiger partial charge on any atom is -0.479 e. The quantitative estimate of drug-likeness (QED) is 0.735. The number of hydrogen-bond donors (Lipinski definition) is 1. The molecule has 108 valence electrons. The third-order valence-electron chi connectivity index (χ3n) is 3.78. The molecule has 2 amide bonds. The van der Waals surface area contributed by atoms with Crippen molar-refractivity contribution >= 4 is 12.0 Å². The van der Waals surface area contributed by atoms with Crippen molar-refractivity contribution < 1.29 is 19.4 Å². The molecule has 2 fully saturated rings. The first-order chi connectivity index (χ1) is 8.99. The second kappa shape index (κ2) is 5.75. The highest BCUT2D eigenvalue weighted by molar-refractivity contribution is 5.77. The first-order valence-electron chi connectivity index (χ1n) is 6.53. The second-order valence-electron chi connectivity index (χ2n) is 5.28. The summed E-state index contributed by atoms with van der Waals surface area (Å²) >= 11 is 0. The molecule has 0 aliphatic carbocycles. The summed E-state index contributed by atoms with van der Waals surface area (Å²) in [6.45, 7) is 2.33. The fourth-order valence-electron chi connectivity index (χ4n) is 2.51. The van der Waals surface area contributed by atoms with Crippen molar-refractivity contribution in [2.45, 2.75) is 18.6 Å². The van der Waals surface area contributed by atoms with Gasteiger partial charge in [0, 0.05) is 25.7 Å². The number of carboxylic acid groups (broad SMARTS) is 1. The zero-order chi connectivity index (χ0) is 14.0. The van der Waals surface area contributed by atoms with Gasteiger partial charge in [0.2, 0.25) is 0 Å². The maximum Gasteiger partial charge on any atom is 0.334 e. The standard InChI is InChI=1S/C12H21N3O4/c1-13(2)9-3-4-14(7-9)12(18)15-5-6-19-10(8-15)11(16)17/h9-10H,3-8H2,1-2H3,(H,16,17). The number of morpholine rings is 1. The number of likely N-dealkylation sites (tertiary alicyclic amines) is 1. The lowest BCUT2D eigenvalue weighted by Crippen LogP contribution is -2.52. The zero-order valence-electron chi connectivity index (χ0n) is 11.4. The SMILES string of the molecule is CN(C)C1CCN(C(=O)N2CCOC(C(=O)O)C2)C1. The number of carboxylic acids is 1. The number of rotatable bonds is 2. The number of carbonyl (C=O) groups excluding carboxylic acids is 1. The number of ether oxygens (including phenoxy) is 1. The van der Waals surface area contributed by atoms with E-state index < -0.39 is 12.1 Å². The van der Waals surface area contributed by atoms with Crippen LogP contribution in [0.15, 0.2) is 0 Å². The Morgan fingerprint density at radius 2 is 1.89 bits per heavy atom. The Hall–Kier alpha value is -1.34. The summed E-state index contributed by atoms with van der Waals surface area (Å²) in [5.41, 5.74) is 0. The van der Waals surface area contributed by atoms with E-state index in [0.717, 1.165) is 13.0 Å². The molecule has 7 heteroatoms. The van der Waals surface area contributed by atoms with Crippen LogP contribution in [0.4, 0.5) is 4.79 Å². The topological polar surface area (TPSA) is 73.3 Å². The van der Waals surface area contributed by atoms with Crippen LogP contribution in [0.5, 0.6) is 0 Å². The molecule has 0 radical (unpaired) electrons. The molecule has 0 aromatic heterocycles. The fraction of sp³-hybridized carbons (Fsp3) is 0.833. The number of hydrogen-bond acceptors (Lipinski definition) is 4. The molecule has 19 heavy (non-hydrogen) atoms. The molecular weight excluding hydrogens is 250 g/mol. The van der Waals surface area contributed by atoms with Crippen LogP contribution in [-0.2, 0) is 9.53 Å². The highest BCUT2D eigenvalue weighted by Gasteiger charge is 2.34. The van der Waals surface area contributed by atoms with Gasteiger partial charge in [-0.1, -0.05) is 0 Å². The fourth-order valence-corrected chi connectivity index (χ4v) is 2.51. The van der Waals surface area contributed by atoms with Gasteiger partial charge in [0.1, 0.15) is 0 Å². The molecule has 0 spiro atoms. The number of carbonyl (C=O) groups is 2. The third kappa shape index (κ3) is 3.16. The summed E-state index contributed by atoms with van der Waals surface area (Å²) in [5.74, 6) is -1.01. The van der Waals surface area contributed by atoms with Gasteiger partial charge in [-0.25, -0.2) is 9.59 Å². The number of nitrogens with zero attached hydrogens (tertiary/aromatic N) is 3. The Labute approximate surface area is 112 Å². The summed E-state index contributed by atoms with van der Waals surface area (Å²) in [6, 6.07) is 0.319. The molecule has 0 bridgehead atoms. The molecular formula is C12H21N3O4. The van der Waals surface area contributed by atoms with E-state index >= 15 is 0 Å². The van der Waals surface area contributed by atoms with Crippen molar-refractivity contribution in [1.82, 2.24) is 14.7 Å². The first kappa shape index (κ1) is 14.1. The van der Waals surface area contributed by atoms with Crippen molar-refractivity contribution in [2.24, 2.45) is 0 Å². The summed E-state index contributed by atoms with van der Waals surface area (Å²) < 4.78 is 5.12. The Bertz CT molecular complexity index is 361. The number of aliphatic carboxylic acids is 1. The molecule has 2 unspecified atom stereocenters. The summed E-state index contributed by atoms with van der Waals surface area (Å²) in [4.78, 5) is 28.7. The van der Waals surface area contributed by atoms with E-state index in [1.807, 2.05) is 14.1 Å². The van der Waals surface area contributed by atoms with Crippen molar-refractivity contribution in [1.29, 1.82) is 0 Å². The lowest BCUT2D eigenvalue weighted by atomic mass is 10.2. The van der Waals surface area contributed by atoms with Crippen molar-refractivity contribution in [2.75, 3.05) is 46.9 Å². The zero-order valence-corrected chi connectivity index (χ0v) is 11.4. The lowest BCUT2D eigenvalue weighted by molar-refractivity contribution is -0.154. The molecule has 2 heterocycles. The minimum atomic E-state index is -1.01. The smallest absolute Gasteiger partial charge is 0.334 e. The van der Waals surface area contributed by atoms with E-state index in [0.29, 0.717) is 19.1 Å². The molecule has 0 aromatic rings. The molecule has 2 rings (SSSR count). The molecule has 2 aliphatic heterocycles. The van der Waals surface area contributed by atoms with E-state index in [-0.39, 0.29) is 19.2 Å². The second-order valence-corrected chi connectivity index (χ2v) is 5.28. The van der Waals surface area contributed by atoms with Crippen molar-refractivity contribution in [3.05, 3.63) is 0 Å². The number of urea groups is 1. The Kier molecular flexibility index (Phi) is 4.26. The maximum atomic E-state index is 12.3. The van der Waals surface area contributed by atoms with Crippen LogP contribution in [0.2, 0.25) is 0 Å². The third-order valence-corrected chi connectivity index (χ3v) is 3.78. The van der Waals surface area contributed by atoms with Gasteiger partial charge in [0.25, 0.3) is 0 Å². The minimum absolute atomic E-state index is 0.0705. The van der Waals surface area contributed by atoms with Gasteiger partial charge in [-0.05, 0) is 20.5 Å². The molecule has 2 aliphatic rings. The number of amides is 2. The van der Waals surface area contributed by atoms with E-state index in [1.165, 1.54) is 0 Å². The predicted molar refractivity (Wildman–Crippen MR) is 68.0 cm³/mol. The van der Waals surface area contributed by atoms with Gasteiger partial charge in [-0.2, -0.15) is 0 Å². The first-order valence-corrected chi connectivity index (χ1v) is 6.53. The van der Waals surface area contributed by atoms with Crippen LogP contribution in [0.1, 0.15) is 6.42 Å². The van der Waals surface area contributed by atoms with Gasteiger partial charge in [0.15, 0.2) is 6.10 Å². The van der Waals surface area contributed by atoms with Crippen LogP contribution in [-0.4, -0.2) is 90.8 Å². The average Bonchev–Trinajstić information content (AvgIpc) is 2.87. The van der Waals surface area contributed by atoms with Gasteiger partial charge >= 0.3 is 12.0 Å². The lowest BCUT2D eigenvalue weighted by Gasteiger charge is -2.34. The molecule has 0 saturated carbocycles. The summed E-state index contributed by atoms with van der Waals surface area (Å²) in [5, 5.41) is 8.93. The van der Waals surface area contributed by atoms with Crippen molar-refractivity contribution in [3.8, 4) is 0 Å². The monoisotopic (exact) mass is 271 g/mol. The largest absolute Gasteiger partial charge is 0.479 e. The van der Waals surface area contributed by atoms with E-state index in [2.05, 4.69) is 4.90 Å². The number of likely N-dealkylation sites (N-methyl/N-ethyl adjacent to an activating group) is 1. The molecule has 0 aromatic carbocycles. The van der Waals surface area contributed by atoms with E-state index in [4.69, 9.17) is 9.84 Å². The van der Waals surface area contributed by atoms with Crippen LogP contribution in [0.25, 0.3) is 0 Å². The van der Waals surface area contributed by atoms with Crippen molar-refractivity contribution in [3.63, 3.8) is 0 Å². The maximum absolute atomic E-state index is 12.3. The van der Waals surface area contributed by atoms with Crippen LogP contribution >= 0.6 is 0 Å². The molecule has 2 atom stereocenters. The molecule has 7 nitrogen and oxygen atoms in total. The highest BCUT2D eigenvalue weighted by atomic mass is 16.5. The summed E-state index contributed by atoms with van der Waals surface area (Å²) in [6.07, 6.45) is 0.0655. The van der Waals surface area contributed by atoms with Gasteiger partial charge in [0.05, 0.1) is 13.2 Å². The van der Waals surface area contributed by atoms with Crippen LogP contribution in [0, 0.1) is 0 Å². The van der Waals surface area contributed by atoms with Gasteiger partial charge in [-0.15, -0.1) is 0 Å². The Morgan fingerprint density at radius 3 is 2.47 bits per heavy atom. The van der Waals surface area contributed by atoms with E-state index in [9.17, 15) is 9.59 Å². The predicted octanol–water partition coefficient (Wildman–Crippen LogP) is -0.472. The Morgan fingerprint density at radius 1 is 1.21 bits per heavy atom. The van der Waals surface area contributed by atoms with Gasteiger partial charge in [-0.3, -0.25) is 0 Å². The van der Waals surface area contributed by atoms with Gasteiger partial charge < -0.3 is 24.5 Å². The summed E-state index contributed by atoms with van der Waals surface area (Å²) in [7, 11) is 4.02. The Balaban J connectivity index is 1.91. The normalized spacial score (nSPS) is 27.9. The molecule has 2 saturated heterocycles. The average molecular weight is 271 g/mol. The highest BCUT2D eigenvalue weighted by Crippen LogP contribution is 2.16. The van der Waals surface area contributed by atoms with Crippen LogP contribution in [0.3, 0.4) is 0 Å². The van der Waals surface area contributed by atoms with Crippen LogP contribution < -0.4 is 0 Å². The van der Waals surface area contributed by atoms with E-state index in [1.54, 1.807) is 9.80 Å². The molecule has 1 N–H and O–H groups in total.